The Morgan fingerprint density at radius 3 is 3.00 bits per heavy atom. The lowest BCUT2D eigenvalue weighted by atomic mass is 9.87. The molecule has 76 valence electrons. The van der Waals surface area contributed by atoms with Crippen molar-refractivity contribution in [2.75, 3.05) is 0 Å². The van der Waals surface area contributed by atoms with Gasteiger partial charge in [-0.1, -0.05) is 19.9 Å². The van der Waals surface area contributed by atoms with Crippen molar-refractivity contribution in [3.63, 3.8) is 0 Å². The first-order valence-corrected chi connectivity index (χ1v) is 5.69. The summed E-state index contributed by atoms with van der Waals surface area (Å²) in [4.78, 5) is 4.72. The molecule has 0 saturated carbocycles. The van der Waals surface area contributed by atoms with Gasteiger partial charge in [-0.15, -0.1) is 0 Å². The molecule has 1 atom stereocenters. The van der Waals surface area contributed by atoms with Crippen LogP contribution in [0.1, 0.15) is 42.8 Å². The fourth-order valence-corrected chi connectivity index (χ4v) is 2.36. The van der Waals surface area contributed by atoms with Crippen LogP contribution in [0.3, 0.4) is 0 Å². The van der Waals surface area contributed by atoms with E-state index >= 15 is 0 Å². The molecule has 1 unspecified atom stereocenters. The summed E-state index contributed by atoms with van der Waals surface area (Å²) in [5.41, 5.74) is 5.53. The molecular formula is C13H19N. The molecule has 0 bridgehead atoms. The van der Waals surface area contributed by atoms with Crippen LogP contribution < -0.4 is 0 Å². The molecule has 1 heteroatoms. The van der Waals surface area contributed by atoms with Crippen LogP contribution in [-0.2, 0) is 19.3 Å². The van der Waals surface area contributed by atoms with E-state index in [4.69, 9.17) is 4.98 Å². The second-order valence-electron chi connectivity index (χ2n) is 4.54. The third-order valence-electron chi connectivity index (χ3n) is 3.31. The van der Waals surface area contributed by atoms with Crippen molar-refractivity contribution in [2.24, 2.45) is 5.92 Å². The summed E-state index contributed by atoms with van der Waals surface area (Å²) in [5.74, 6) is 0.844. The van der Waals surface area contributed by atoms with Crippen molar-refractivity contribution in [3.8, 4) is 0 Å². The smallest absolute Gasteiger partial charge is 0.0439 e. The molecule has 0 aliphatic heterocycles. The van der Waals surface area contributed by atoms with Crippen molar-refractivity contribution in [2.45, 2.75) is 46.5 Å². The van der Waals surface area contributed by atoms with E-state index in [9.17, 15) is 0 Å². The van der Waals surface area contributed by atoms with Gasteiger partial charge in [0.05, 0.1) is 0 Å². The fraction of sp³-hybridized carbons (Fsp3) is 0.615. The normalized spacial score (nSPS) is 20.6. The summed E-state index contributed by atoms with van der Waals surface area (Å²) in [6.07, 6.45) is 4.84. The van der Waals surface area contributed by atoms with Crippen LogP contribution >= 0.6 is 0 Å². The number of hydrogen-bond donors (Lipinski definition) is 0. The SMILES string of the molecule is CCc1cc2c(nc1C)CCC(C)C2. The average Bonchev–Trinajstić information content (AvgIpc) is 2.17. The molecule has 0 spiro atoms. The van der Waals surface area contributed by atoms with E-state index in [0.717, 1.165) is 12.3 Å². The molecule has 1 heterocycles. The maximum atomic E-state index is 4.72. The lowest BCUT2D eigenvalue weighted by molar-refractivity contribution is 0.492. The van der Waals surface area contributed by atoms with Crippen LogP contribution in [0.2, 0.25) is 0 Å². The zero-order valence-corrected chi connectivity index (χ0v) is 9.43. The van der Waals surface area contributed by atoms with Crippen LogP contribution in [0.4, 0.5) is 0 Å². The molecule has 1 aromatic heterocycles. The lowest BCUT2D eigenvalue weighted by Crippen LogP contribution is -2.14. The van der Waals surface area contributed by atoms with Gasteiger partial charge in [0.15, 0.2) is 0 Å². The third-order valence-corrected chi connectivity index (χ3v) is 3.31. The van der Waals surface area contributed by atoms with Gasteiger partial charge in [-0.3, -0.25) is 4.98 Å². The predicted molar refractivity (Wildman–Crippen MR) is 59.5 cm³/mol. The predicted octanol–water partition coefficient (Wildman–Crippen LogP) is 3.08. The zero-order valence-electron chi connectivity index (χ0n) is 9.43. The monoisotopic (exact) mass is 189 g/mol. The maximum Gasteiger partial charge on any atom is 0.0439 e. The van der Waals surface area contributed by atoms with Gasteiger partial charge in [0.25, 0.3) is 0 Å². The second-order valence-corrected chi connectivity index (χ2v) is 4.54. The molecule has 0 radical (unpaired) electrons. The highest BCUT2D eigenvalue weighted by atomic mass is 14.7. The van der Waals surface area contributed by atoms with Crippen LogP contribution in [0.25, 0.3) is 0 Å². The van der Waals surface area contributed by atoms with Crippen LogP contribution in [0.15, 0.2) is 6.07 Å². The van der Waals surface area contributed by atoms with Gasteiger partial charge in [0.2, 0.25) is 0 Å². The molecule has 1 nitrogen and oxygen atoms in total. The Kier molecular flexibility index (Phi) is 2.58. The molecular weight excluding hydrogens is 170 g/mol. The van der Waals surface area contributed by atoms with E-state index in [1.165, 1.54) is 41.8 Å². The van der Waals surface area contributed by atoms with Crippen molar-refractivity contribution in [1.82, 2.24) is 4.98 Å². The Morgan fingerprint density at radius 2 is 2.29 bits per heavy atom. The highest BCUT2D eigenvalue weighted by molar-refractivity contribution is 5.32. The number of hydrogen-bond acceptors (Lipinski definition) is 1. The quantitative estimate of drug-likeness (QED) is 0.661. The minimum Gasteiger partial charge on any atom is -0.258 e. The van der Waals surface area contributed by atoms with Gasteiger partial charge < -0.3 is 0 Å². The molecule has 2 rings (SSSR count). The van der Waals surface area contributed by atoms with Gasteiger partial charge in [-0.2, -0.15) is 0 Å². The maximum absolute atomic E-state index is 4.72. The summed E-state index contributed by atoms with van der Waals surface area (Å²) in [6, 6.07) is 2.38. The van der Waals surface area contributed by atoms with E-state index < -0.39 is 0 Å². The van der Waals surface area contributed by atoms with Gasteiger partial charge in [0, 0.05) is 11.4 Å². The van der Waals surface area contributed by atoms with Crippen LogP contribution in [-0.4, -0.2) is 4.98 Å². The minimum atomic E-state index is 0.844. The first-order chi connectivity index (χ1) is 6.70. The molecule has 0 fully saturated rings. The van der Waals surface area contributed by atoms with Crippen molar-refractivity contribution < 1.29 is 0 Å². The first-order valence-electron chi connectivity index (χ1n) is 5.69. The van der Waals surface area contributed by atoms with Crippen molar-refractivity contribution in [1.29, 1.82) is 0 Å². The molecule has 1 aliphatic carbocycles. The summed E-state index contributed by atoms with van der Waals surface area (Å²) in [7, 11) is 0. The first kappa shape index (κ1) is 9.70. The standard InChI is InChI=1S/C13H19N/c1-4-11-8-12-7-9(2)5-6-13(12)14-10(11)3/h8-9H,4-7H2,1-3H3. The zero-order chi connectivity index (χ0) is 10.1. The van der Waals surface area contributed by atoms with E-state index in [1.54, 1.807) is 0 Å². The average molecular weight is 189 g/mol. The number of aryl methyl sites for hydroxylation is 3. The molecule has 0 saturated heterocycles. The number of nitrogens with zero attached hydrogens (tertiary/aromatic N) is 1. The van der Waals surface area contributed by atoms with Gasteiger partial charge in [-0.05, 0) is 49.7 Å². The largest absolute Gasteiger partial charge is 0.258 e. The van der Waals surface area contributed by atoms with Gasteiger partial charge in [0.1, 0.15) is 0 Å². The van der Waals surface area contributed by atoms with E-state index in [-0.39, 0.29) is 0 Å². The summed E-state index contributed by atoms with van der Waals surface area (Å²) in [5, 5.41) is 0. The lowest BCUT2D eigenvalue weighted by Gasteiger charge is -2.22. The highest BCUT2D eigenvalue weighted by Gasteiger charge is 2.17. The summed E-state index contributed by atoms with van der Waals surface area (Å²) in [6.45, 7) is 6.69. The Bertz CT molecular complexity index is 341. The van der Waals surface area contributed by atoms with E-state index in [2.05, 4.69) is 26.8 Å². The second kappa shape index (κ2) is 3.72. The Hall–Kier alpha value is -0.850. The Morgan fingerprint density at radius 1 is 1.50 bits per heavy atom. The molecule has 0 N–H and O–H groups in total. The number of fused-ring (bicyclic) bond motifs is 1. The summed E-state index contributed by atoms with van der Waals surface area (Å²) >= 11 is 0. The van der Waals surface area contributed by atoms with Crippen LogP contribution in [0.5, 0.6) is 0 Å². The Balaban J connectivity index is 2.41. The van der Waals surface area contributed by atoms with Crippen LogP contribution in [0, 0.1) is 12.8 Å². The molecule has 14 heavy (non-hydrogen) atoms. The van der Waals surface area contributed by atoms with E-state index in [1.807, 2.05) is 0 Å². The minimum absolute atomic E-state index is 0.844. The molecule has 1 aromatic rings. The number of rotatable bonds is 1. The topological polar surface area (TPSA) is 12.9 Å². The number of aromatic nitrogens is 1. The fourth-order valence-electron chi connectivity index (χ4n) is 2.36. The molecule has 0 aromatic carbocycles. The third kappa shape index (κ3) is 1.68. The molecule has 0 amide bonds. The van der Waals surface area contributed by atoms with Crippen molar-refractivity contribution in [3.05, 3.63) is 28.6 Å². The Labute approximate surface area is 86.6 Å². The van der Waals surface area contributed by atoms with Crippen molar-refractivity contribution >= 4 is 0 Å². The summed E-state index contributed by atoms with van der Waals surface area (Å²) < 4.78 is 0. The highest BCUT2D eigenvalue weighted by Crippen LogP contribution is 2.25. The van der Waals surface area contributed by atoms with Gasteiger partial charge >= 0.3 is 0 Å². The van der Waals surface area contributed by atoms with Gasteiger partial charge in [-0.25, -0.2) is 0 Å². The van der Waals surface area contributed by atoms with E-state index in [0.29, 0.717) is 0 Å². The number of pyridine rings is 1. The molecule has 1 aliphatic rings.